The first kappa shape index (κ1) is 8.29. The van der Waals surface area contributed by atoms with Gasteiger partial charge < -0.3 is 0 Å². The number of rotatable bonds is 1. The van der Waals surface area contributed by atoms with E-state index in [4.69, 9.17) is 0 Å². The normalized spacial score (nSPS) is 15.2. The van der Waals surface area contributed by atoms with Gasteiger partial charge in [0, 0.05) is 18.5 Å². The zero-order valence-corrected chi connectivity index (χ0v) is 7.90. The van der Waals surface area contributed by atoms with Crippen LogP contribution in [0.2, 0.25) is 0 Å². The van der Waals surface area contributed by atoms with Gasteiger partial charge in [-0.25, -0.2) is 4.68 Å². The Balaban J connectivity index is 2.25. The van der Waals surface area contributed by atoms with E-state index >= 15 is 0 Å². The van der Waals surface area contributed by atoms with Gasteiger partial charge in [0.15, 0.2) is 0 Å². The van der Waals surface area contributed by atoms with Crippen LogP contribution >= 0.6 is 0 Å². The Morgan fingerprint density at radius 2 is 2.31 bits per heavy atom. The summed E-state index contributed by atoms with van der Waals surface area (Å²) in [4.78, 5) is 13.5. The van der Waals surface area contributed by atoms with Gasteiger partial charge in [-0.1, -0.05) is 13.8 Å². The standard InChI is InChI=1S/C9H13N3O/c1-7(2)9(13)11-5-6-12-8(11)3-4-10-12/h3-4,7H,5-6H2,1-2H3. The Morgan fingerprint density at radius 3 is 3.00 bits per heavy atom. The zero-order chi connectivity index (χ0) is 9.42. The molecule has 70 valence electrons. The molecule has 1 amide bonds. The van der Waals surface area contributed by atoms with E-state index in [0.717, 1.165) is 18.9 Å². The summed E-state index contributed by atoms with van der Waals surface area (Å²) in [6.45, 7) is 5.42. The molecule has 0 N–H and O–H groups in total. The molecule has 0 bridgehead atoms. The number of nitrogens with zero attached hydrogens (tertiary/aromatic N) is 3. The molecule has 2 heterocycles. The summed E-state index contributed by atoms with van der Waals surface area (Å²) in [5.74, 6) is 1.17. The van der Waals surface area contributed by atoms with Crippen LogP contribution in [0.1, 0.15) is 13.8 Å². The van der Waals surface area contributed by atoms with Crippen LogP contribution in [-0.2, 0) is 11.3 Å². The predicted molar refractivity (Wildman–Crippen MR) is 49.4 cm³/mol. The fourth-order valence-corrected chi connectivity index (χ4v) is 1.57. The molecular weight excluding hydrogens is 166 g/mol. The summed E-state index contributed by atoms with van der Waals surface area (Å²) in [7, 11) is 0. The van der Waals surface area contributed by atoms with Crippen molar-refractivity contribution in [1.82, 2.24) is 9.78 Å². The Bertz CT molecular complexity index is 329. The van der Waals surface area contributed by atoms with Crippen LogP contribution < -0.4 is 4.90 Å². The lowest BCUT2D eigenvalue weighted by Crippen LogP contribution is -2.32. The molecule has 0 aliphatic carbocycles. The molecule has 1 aromatic rings. The van der Waals surface area contributed by atoms with Gasteiger partial charge >= 0.3 is 0 Å². The SMILES string of the molecule is CC(C)C(=O)N1CCn2nccc21. The molecule has 0 saturated carbocycles. The van der Waals surface area contributed by atoms with Crippen molar-refractivity contribution in [3.05, 3.63) is 12.3 Å². The molecule has 1 aliphatic rings. The molecule has 0 atom stereocenters. The second-order valence-electron chi connectivity index (χ2n) is 3.56. The first-order valence-corrected chi connectivity index (χ1v) is 4.53. The molecule has 0 radical (unpaired) electrons. The molecule has 0 saturated heterocycles. The van der Waals surface area contributed by atoms with E-state index in [2.05, 4.69) is 5.10 Å². The van der Waals surface area contributed by atoms with Crippen LogP contribution in [0.3, 0.4) is 0 Å². The molecule has 0 unspecified atom stereocenters. The Kier molecular flexibility index (Phi) is 1.83. The maximum absolute atomic E-state index is 11.7. The summed E-state index contributed by atoms with van der Waals surface area (Å²) in [6, 6.07) is 1.88. The predicted octanol–water partition coefficient (Wildman–Crippen LogP) is 0.886. The lowest BCUT2D eigenvalue weighted by atomic mass is 10.2. The number of amides is 1. The second kappa shape index (κ2) is 2.87. The van der Waals surface area contributed by atoms with Crippen LogP contribution in [0.25, 0.3) is 0 Å². The van der Waals surface area contributed by atoms with Crippen molar-refractivity contribution >= 4 is 11.7 Å². The number of carbonyl (C=O) groups is 1. The van der Waals surface area contributed by atoms with E-state index in [1.54, 1.807) is 11.1 Å². The summed E-state index contributed by atoms with van der Waals surface area (Å²) in [5, 5.41) is 4.11. The third kappa shape index (κ3) is 1.22. The van der Waals surface area contributed by atoms with Gasteiger partial charge in [0.1, 0.15) is 5.82 Å². The van der Waals surface area contributed by atoms with E-state index in [0.29, 0.717) is 0 Å². The highest BCUT2D eigenvalue weighted by Gasteiger charge is 2.26. The van der Waals surface area contributed by atoms with Gasteiger partial charge in [-0.15, -0.1) is 0 Å². The van der Waals surface area contributed by atoms with Gasteiger partial charge in [0.05, 0.1) is 12.7 Å². The summed E-state index contributed by atoms with van der Waals surface area (Å²) in [5.41, 5.74) is 0. The van der Waals surface area contributed by atoms with E-state index in [1.165, 1.54) is 0 Å². The molecular formula is C9H13N3O. The molecule has 1 aromatic heterocycles. The Morgan fingerprint density at radius 1 is 1.54 bits per heavy atom. The number of anilines is 1. The maximum atomic E-state index is 11.7. The minimum atomic E-state index is 0.0569. The molecule has 0 spiro atoms. The van der Waals surface area contributed by atoms with Crippen molar-refractivity contribution in [2.24, 2.45) is 5.92 Å². The van der Waals surface area contributed by atoms with Crippen molar-refractivity contribution in [1.29, 1.82) is 0 Å². The largest absolute Gasteiger partial charge is 0.295 e. The number of hydrogen-bond donors (Lipinski definition) is 0. The molecule has 1 aliphatic heterocycles. The summed E-state index contributed by atoms with van der Waals surface area (Å²) >= 11 is 0. The van der Waals surface area contributed by atoms with Crippen molar-refractivity contribution < 1.29 is 4.79 Å². The quantitative estimate of drug-likeness (QED) is 0.642. The Hall–Kier alpha value is -1.32. The molecule has 0 aromatic carbocycles. The van der Waals surface area contributed by atoms with Crippen LogP contribution in [0, 0.1) is 5.92 Å². The highest BCUT2D eigenvalue weighted by atomic mass is 16.2. The van der Waals surface area contributed by atoms with Crippen molar-refractivity contribution in [3.8, 4) is 0 Å². The van der Waals surface area contributed by atoms with Gasteiger partial charge in [-0.05, 0) is 0 Å². The number of aromatic nitrogens is 2. The topological polar surface area (TPSA) is 38.1 Å². The third-order valence-corrected chi connectivity index (χ3v) is 2.27. The smallest absolute Gasteiger partial charge is 0.230 e. The first-order chi connectivity index (χ1) is 6.20. The molecule has 4 heteroatoms. The van der Waals surface area contributed by atoms with Gasteiger partial charge in [0.25, 0.3) is 0 Å². The van der Waals surface area contributed by atoms with Crippen LogP contribution in [0.15, 0.2) is 12.3 Å². The van der Waals surface area contributed by atoms with Gasteiger partial charge in [-0.3, -0.25) is 9.69 Å². The van der Waals surface area contributed by atoms with Crippen molar-refractivity contribution in [2.75, 3.05) is 11.4 Å². The van der Waals surface area contributed by atoms with Crippen molar-refractivity contribution in [3.63, 3.8) is 0 Å². The van der Waals surface area contributed by atoms with Gasteiger partial charge in [-0.2, -0.15) is 5.10 Å². The fourth-order valence-electron chi connectivity index (χ4n) is 1.57. The highest BCUT2D eigenvalue weighted by molar-refractivity contribution is 5.94. The number of hydrogen-bond acceptors (Lipinski definition) is 2. The highest BCUT2D eigenvalue weighted by Crippen LogP contribution is 2.21. The molecule has 4 nitrogen and oxygen atoms in total. The van der Waals surface area contributed by atoms with Crippen LogP contribution in [0.5, 0.6) is 0 Å². The lowest BCUT2D eigenvalue weighted by Gasteiger charge is -2.16. The zero-order valence-electron chi connectivity index (χ0n) is 7.90. The minimum absolute atomic E-state index is 0.0569. The summed E-state index contributed by atoms with van der Waals surface area (Å²) in [6.07, 6.45) is 1.73. The van der Waals surface area contributed by atoms with E-state index in [9.17, 15) is 4.79 Å². The van der Waals surface area contributed by atoms with Crippen molar-refractivity contribution in [2.45, 2.75) is 20.4 Å². The average molecular weight is 179 g/mol. The third-order valence-electron chi connectivity index (χ3n) is 2.27. The van der Waals surface area contributed by atoms with Crippen LogP contribution in [0.4, 0.5) is 5.82 Å². The second-order valence-corrected chi connectivity index (χ2v) is 3.56. The number of carbonyl (C=O) groups excluding carboxylic acids is 1. The average Bonchev–Trinajstić information content (AvgIpc) is 2.61. The van der Waals surface area contributed by atoms with Gasteiger partial charge in [0.2, 0.25) is 5.91 Å². The van der Waals surface area contributed by atoms with E-state index in [1.807, 2.05) is 24.6 Å². The fraction of sp³-hybridized carbons (Fsp3) is 0.556. The molecule has 13 heavy (non-hydrogen) atoms. The first-order valence-electron chi connectivity index (χ1n) is 4.53. The lowest BCUT2D eigenvalue weighted by molar-refractivity contribution is -0.121. The van der Waals surface area contributed by atoms with E-state index < -0.39 is 0 Å². The monoisotopic (exact) mass is 179 g/mol. The number of fused-ring (bicyclic) bond motifs is 1. The van der Waals surface area contributed by atoms with E-state index in [-0.39, 0.29) is 11.8 Å². The molecule has 2 rings (SSSR count). The summed E-state index contributed by atoms with van der Waals surface area (Å²) < 4.78 is 1.86. The Labute approximate surface area is 77.1 Å². The van der Waals surface area contributed by atoms with Crippen LogP contribution in [-0.4, -0.2) is 22.2 Å². The minimum Gasteiger partial charge on any atom is -0.295 e. The molecule has 0 fully saturated rings. The maximum Gasteiger partial charge on any atom is 0.230 e.